The second-order valence-electron chi connectivity index (χ2n) is 7.08. The third-order valence-corrected chi connectivity index (χ3v) is 6.07. The number of amides is 2. The second-order valence-corrected chi connectivity index (χ2v) is 8.09. The number of carbonyl (C=O) groups excluding carboxylic acids is 2. The lowest BCUT2D eigenvalue weighted by molar-refractivity contribution is -0.134. The first-order valence-corrected chi connectivity index (χ1v) is 10.4. The summed E-state index contributed by atoms with van der Waals surface area (Å²) < 4.78 is 6.50. The quantitative estimate of drug-likeness (QED) is 0.643. The third-order valence-electron chi connectivity index (χ3n) is 5.03. The van der Waals surface area contributed by atoms with Crippen molar-refractivity contribution in [2.45, 2.75) is 19.8 Å². The number of anilines is 1. The zero-order chi connectivity index (χ0) is 20.4. The van der Waals surface area contributed by atoms with Crippen molar-refractivity contribution < 1.29 is 14.3 Å². The number of hydrogen-bond donors (Lipinski definition) is 1. The van der Waals surface area contributed by atoms with Crippen LogP contribution in [0.4, 0.5) is 5.13 Å². The van der Waals surface area contributed by atoms with Crippen LogP contribution in [-0.2, 0) is 16.0 Å². The normalized spacial score (nSPS) is 16.6. The van der Waals surface area contributed by atoms with Crippen LogP contribution < -0.4 is 9.64 Å². The van der Waals surface area contributed by atoms with Gasteiger partial charge in [-0.05, 0) is 37.1 Å². The fraction of sp³-hybridized carbons (Fsp3) is 0.400. The molecule has 8 nitrogen and oxygen atoms in total. The van der Waals surface area contributed by atoms with Crippen molar-refractivity contribution in [3.8, 4) is 5.75 Å². The summed E-state index contributed by atoms with van der Waals surface area (Å²) >= 11 is 1.45. The van der Waals surface area contributed by atoms with Gasteiger partial charge in [0.25, 0.3) is 0 Å². The number of aromatic amines is 1. The minimum absolute atomic E-state index is 0.0101. The molecule has 3 aromatic rings. The lowest BCUT2D eigenvalue weighted by Gasteiger charge is -2.20. The number of nitrogens with zero attached hydrogens (tertiary/aromatic N) is 4. The molecule has 29 heavy (non-hydrogen) atoms. The van der Waals surface area contributed by atoms with Gasteiger partial charge in [0.1, 0.15) is 5.75 Å². The molecule has 152 valence electrons. The van der Waals surface area contributed by atoms with E-state index in [1.54, 1.807) is 23.0 Å². The molecule has 0 radical (unpaired) electrons. The molecule has 4 rings (SSSR count). The van der Waals surface area contributed by atoms with Gasteiger partial charge in [-0.15, -0.1) is 0 Å². The van der Waals surface area contributed by atoms with Gasteiger partial charge >= 0.3 is 0 Å². The summed E-state index contributed by atoms with van der Waals surface area (Å²) in [6.07, 6.45) is 4.52. The van der Waals surface area contributed by atoms with Crippen LogP contribution in [0.15, 0.2) is 30.6 Å². The molecule has 1 atom stereocenters. The Kier molecular flexibility index (Phi) is 5.48. The monoisotopic (exact) mass is 413 g/mol. The van der Waals surface area contributed by atoms with Gasteiger partial charge in [0, 0.05) is 32.8 Å². The molecule has 0 aliphatic carbocycles. The van der Waals surface area contributed by atoms with E-state index in [2.05, 4.69) is 15.2 Å². The zero-order valence-electron chi connectivity index (χ0n) is 16.4. The number of fused-ring (bicyclic) bond motifs is 1. The maximum Gasteiger partial charge on any atom is 0.229 e. The number of likely N-dealkylation sites (N-methyl/N-ethyl adjacent to an activating group) is 1. The smallest absolute Gasteiger partial charge is 0.229 e. The van der Waals surface area contributed by atoms with Crippen LogP contribution in [0.1, 0.15) is 18.9 Å². The highest BCUT2D eigenvalue weighted by Crippen LogP contribution is 2.34. The van der Waals surface area contributed by atoms with Crippen molar-refractivity contribution in [1.29, 1.82) is 0 Å². The standard InChI is InChI=1S/C20H23N5O3S/c1-3-28-15-4-5-16-17(9-15)29-20(23-16)25-12-14(8-18(25)26)19(27)24(2)7-6-13-10-21-22-11-13/h4-5,9-11,14H,3,6-8,12H2,1-2H3,(H,21,22). The molecule has 0 spiro atoms. The number of ether oxygens (including phenoxy) is 1. The first kappa shape index (κ1) is 19.4. The van der Waals surface area contributed by atoms with Crippen LogP contribution >= 0.6 is 11.3 Å². The van der Waals surface area contributed by atoms with Gasteiger partial charge in [0.15, 0.2) is 5.13 Å². The van der Waals surface area contributed by atoms with Crippen LogP contribution in [-0.4, -0.2) is 58.6 Å². The predicted molar refractivity (Wildman–Crippen MR) is 111 cm³/mol. The molecule has 2 aromatic heterocycles. The van der Waals surface area contributed by atoms with Gasteiger partial charge in [0.2, 0.25) is 11.8 Å². The Morgan fingerprint density at radius 2 is 2.31 bits per heavy atom. The van der Waals surface area contributed by atoms with Gasteiger partial charge < -0.3 is 9.64 Å². The van der Waals surface area contributed by atoms with Crippen molar-refractivity contribution >= 4 is 38.5 Å². The summed E-state index contributed by atoms with van der Waals surface area (Å²) in [6.45, 7) is 3.49. The van der Waals surface area contributed by atoms with Gasteiger partial charge in [0.05, 0.1) is 28.9 Å². The highest BCUT2D eigenvalue weighted by atomic mass is 32.1. The molecule has 0 saturated carbocycles. The Labute approximate surface area is 172 Å². The van der Waals surface area contributed by atoms with E-state index >= 15 is 0 Å². The number of nitrogens with one attached hydrogen (secondary N) is 1. The molecule has 2 amide bonds. The summed E-state index contributed by atoms with van der Waals surface area (Å²) in [5.41, 5.74) is 1.88. The average Bonchev–Trinajstić information content (AvgIpc) is 3.44. The van der Waals surface area contributed by atoms with Crippen LogP contribution in [0.3, 0.4) is 0 Å². The lowest BCUT2D eigenvalue weighted by atomic mass is 10.1. The molecule has 1 aromatic carbocycles. The molecule has 1 fully saturated rings. The van der Waals surface area contributed by atoms with E-state index in [-0.39, 0.29) is 24.2 Å². The van der Waals surface area contributed by atoms with Gasteiger partial charge in [-0.25, -0.2) is 4.98 Å². The Bertz CT molecular complexity index is 1020. The highest BCUT2D eigenvalue weighted by Gasteiger charge is 2.37. The Balaban J connectivity index is 1.43. The molecule has 1 aliphatic heterocycles. The minimum atomic E-state index is -0.345. The average molecular weight is 414 g/mol. The number of rotatable bonds is 7. The lowest BCUT2D eigenvalue weighted by Crippen LogP contribution is -2.35. The summed E-state index contributed by atoms with van der Waals surface area (Å²) in [5, 5.41) is 7.32. The van der Waals surface area contributed by atoms with Crippen LogP contribution in [0, 0.1) is 5.92 Å². The fourth-order valence-electron chi connectivity index (χ4n) is 3.46. The fourth-order valence-corrected chi connectivity index (χ4v) is 4.48. The molecule has 1 unspecified atom stereocenters. The summed E-state index contributed by atoms with van der Waals surface area (Å²) in [6, 6.07) is 5.71. The van der Waals surface area contributed by atoms with E-state index in [1.807, 2.05) is 31.3 Å². The SMILES string of the molecule is CCOc1ccc2nc(N3CC(C(=O)N(C)CCc4cn[nH]c4)CC3=O)sc2c1. The largest absolute Gasteiger partial charge is 0.494 e. The Hall–Kier alpha value is -2.94. The molecule has 1 aliphatic rings. The van der Waals surface area contributed by atoms with Gasteiger partial charge in [-0.2, -0.15) is 5.10 Å². The van der Waals surface area contributed by atoms with Crippen molar-refractivity contribution in [2.75, 3.05) is 31.6 Å². The van der Waals surface area contributed by atoms with Crippen molar-refractivity contribution in [3.63, 3.8) is 0 Å². The second kappa shape index (κ2) is 8.20. The van der Waals surface area contributed by atoms with E-state index in [1.165, 1.54) is 11.3 Å². The van der Waals surface area contributed by atoms with Crippen LogP contribution in [0.5, 0.6) is 5.75 Å². The first-order valence-electron chi connectivity index (χ1n) is 9.61. The number of H-pyrrole nitrogens is 1. The topological polar surface area (TPSA) is 91.4 Å². The van der Waals surface area contributed by atoms with Crippen molar-refractivity contribution in [2.24, 2.45) is 5.92 Å². The minimum Gasteiger partial charge on any atom is -0.494 e. The molecule has 1 saturated heterocycles. The van der Waals surface area contributed by atoms with Crippen LogP contribution in [0.2, 0.25) is 0 Å². The maximum absolute atomic E-state index is 12.8. The summed E-state index contributed by atoms with van der Waals surface area (Å²) in [7, 11) is 1.78. The zero-order valence-corrected chi connectivity index (χ0v) is 17.2. The maximum atomic E-state index is 12.8. The van der Waals surface area contributed by atoms with E-state index in [4.69, 9.17) is 4.74 Å². The summed E-state index contributed by atoms with van der Waals surface area (Å²) in [5.74, 6) is 0.373. The van der Waals surface area contributed by atoms with E-state index < -0.39 is 0 Å². The van der Waals surface area contributed by atoms with E-state index in [9.17, 15) is 9.59 Å². The van der Waals surface area contributed by atoms with E-state index in [0.717, 1.165) is 28.0 Å². The van der Waals surface area contributed by atoms with Gasteiger partial charge in [-0.1, -0.05) is 11.3 Å². The number of aromatic nitrogens is 3. The molecule has 0 bridgehead atoms. The highest BCUT2D eigenvalue weighted by molar-refractivity contribution is 7.22. The molecular formula is C20H23N5O3S. The van der Waals surface area contributed by atoms with Crippen molar-refractivity contribution in [3.05, 3.63) is 36.2 Å². The predicted octanol–water partition coefficient (Wildman–Crippen LogP) is 2.47. The van der Waals surface area contributed by atoms with Crippen LogP contribution in [0.25, 0.3) is 10.2 Å². The molecule has 1 N–H and O–H groups in total. The number of benzene rings is 1. The number of thiazole rings is 1. The third kappa shape index (κ3) is 4.09. The van der Waals surface area contributed by atoms with Crippen molar-refractivity contribution in [1.82, 2.24) is 20.1 Å². The van der Waals surface area contributed by atoms with E-state index in [0.29, 0.717) is 24.8 Å². The molecule has 3 heterocycles. The number of hydrogen-bond acceptors (Lipinski definition) is 6. The number of carbonyl (C=O) groups is 2. The van der Waals surface area contributed by atoms with Gasteiger partial charge in [-0.3, -0.25) is 19.6 Å². The Morgan fingerprint density at radius 1 is 1.45 bits per heavy atom. The summed E-state index contributed by atoms with van der Waals surface area (Å²) in [4.78, 5) is 33.3. The Morgan fingerprint density at radius 3 is 3.07 bits per heavy atom. The first-order chi connectivity index (χ1) is 14.0. The molecule has 9 heteroatoms. The molecular weight excluding hydrogens is 390 g/mol.